The first-order chi connectivity index (χ1) is 9.32. The standard InChI is InChI=1S/C15H39N3Si2/c1-10-15-18(19(11-2,12-3)16(6)7)20(13-4,14-5)17(8)9/h10-15H2,1-9H3. The molecule has 0 aromatic heterocycles. The predicted octanol–water partition coefficient (Wildman–Crippen LogP) is 3.79. The van der Waals surface area contributed by atoms with E-state index in [4.69, 9.17) is 0 Å². The van der Waals surface area contributed by atoms with Crippen LogP contribution in [0.15, 0.2) is 0 Å². The van der Waals surface area contributed by atoms with E-state index in [-0.39, 0.29) is 0 Å². The van der Waals surface area contributed by atoms with Gasteiger partial charge in [0.15, 0.2) is 16.8 Å². The molecule has 0 saturated carbocycles. The minimum Gasteiger partial charge on any atom is -0.321 e. The van der Waals surface area contributed by atoms with Gasteiger partial charge in [-0.3, -0.25) is 0 Å². The van der Waals surface area contributed by atoms with E-state index in [2.05, 4.69) is 76.2 Å². The fourth-order valence-corrected chi connectivity index (χ4v) is 17.5. The average molecular weight is 318 g/mol. The normalized spacial score (nSPS) is 13.8. The molecule has 0 amide bonds. The lowest BCUT2D eigenvalue weighted by Gasteiger charge is -2.56. The Labute approximate surface area is 130 Å². The van der Waals surface area contributed by atoms with E-state index in [0.29, 0.717) is 0 Å². The topological polar surface area (TPSA) is 9.72 Å². The third-order valence-electron chi connectivity index (χ3n) is 5.38. The summed E-state index contributed by atoms with van der Waals surface area (Å²) in [5.74, 6) is 0. The summed E-state index contributed by atoms with van der Waals surface area (Å²) in [6, 6.07) is 5.33. The van der Waals surface area contributed by atoms with Gasteiger partial charge in [-0.2, -0.15) is 0 Å². The second-order valence-electron chi connectivity index (χ2n) is 6.32. The van der Waals surface area contributed by atoms with Crippen LogP contribution >= 0.6 is 0 Å². The fraction of sp³-hybridized carbons (Fsp3) is 1.00. The fourth-order valence-electron chi connectivity index (χ4n) is 4.04. The molecule has 0 N–H and O–H groups in total. The SMILES string of the molecule is CCCN([Si](CC)(CC)N(C)C)[Si](CC)(CC)N(C)C. The molecule has 122 valence electrons. The van der Waals surface area contributed by atoms with Gasteiger partial charge in [0.25, 0.3) is 0 Å². The third-order valence-corrected chi connectivity index (χ3v) is 18.2. The number of hydrogen-bond acceptors (Lipinski definition) is 3. The lowest BCUT2D eigenvalue weighted by Crippen LogP contribution is -2.76. The van der Waals surface area contributed by atoms with Gasteiger partial charge < -0.3 is 13.4 Å². The Bertz CT molecular complexity index is 238. The van der Waals surface area contributed by atoms with Crippen LogP contribution in [-0.4, -0.2) is 64.9 Å². The first kappa shape index (κ1) is 20.3. The highest BCUT2D eigenvalue weighted by Gasteiger charge is 2.50. The lowest BCUT2D eigenvalue weighted by atomic mass is 10.5. The van der Waals surface area contributed by atoms with Gasteiger partial charge in [-0.25, -0.2) is 0 Å². The second kappa shape index (κ2) is 8.68. The van der Waals surface area contributed by atoms with Crippen LogP contribution in [0.4, 0.5) is 0 Å². The van der Waals surface area contributed by atoms with E-state index >= 15 is 0 Å². The van der Waals surface area contributed by atoms with Crippen LogP contribution in [-0.2, 0) is 0 Å². The molecule has 20 heavy (non-hydrogen) atoms. The molecule has 0 aliphatic carbocycles. The zero-order chi connectivity index (χ0) is 16.0. The predicted molar refractivity (Wildman–Crippen MR) is 97.8 cm³/mol. The van der Waals surface area contributed by atoms with E-state index < -0.39 is 16.8 Å². The zero-order valence-electron chi connectivity index (χ0n) is 15.6. The van der Waals surface area contributed by atoms with Crippen molar-refractivity contribution in [3.8, 4) is 0 Å². The second-order valence-corrected chi connectivity index (χ2v) is 16.4. The van der Waals surface area contributed by atoms with Crippen molar-refractivity contribution in [1.29, 1.82) is 0 Å². The molecule has 0 aromatic rings. The van der Waals surface area contributed by atoms with Gasteiger partial charge in [-0.05, 0) is 65.3 Å². The highest BCUT2D eigenvalue weighted by molar-refractivity contribution is 6.90. The molecule has 0 aromatic carbocycles. The summed E-state index contributed by atoms with van der Waals surface area (Å²) in [7, 11) is 6.24. The van der Waals surface area contributed by atoms with Crippen molar-refractivity contribution in [2.45, 2.75) is 65.2 Å². The summed E-state index contributed by atoms with van der Waals surface area (Å²) in [6.45, 7) is 13.3. The van der Waals surface area contributed by atoms with Gasteiger partial charge in [0.1, 0.15) is 0 Å². The van der Waals surface area contributed by atoms with Crippen molar-refractivity contribution in [3.05, 3.63) is 0 Å². The quantitative estimate of drug-likeness (QED) is 0.568. The molecule has 0 bridgehead atoms. The molecule has 0 aliphatic heterocycles. The molecule has 0 rings (SSSR count). The Balaban J connectivity index is 5.92. The van der Waals surface area contributed by atoms with Crippen molar-refractivity contribution in [2.75, 3.05) is 34.7 Å². The van der Waals surface area contributed by atoms with Gasteiger partial charge in [-0.15, -0.1) is 0 Å². The van der Waals surface area contributed by atoms with Crippen molar-refractivity contribution < 1.29 is 0 Å². The van der Waals surface area contributed by atoms with Gasteiger partial charge in [0, 0.05) is 0 Å². The van der Waals surface area contributed by atoms with E-state index in [1.807, 2.05) is 0 Å². The van der Waals surface area contributed by atoms with Gasteiger partial charge >= 0.3 is 0 Å². The Kier molecular flexibility index (Phi) is 8.82. The minimum atomic E-state index is -1.52. The van der Waals surface area contributed by atoms with Crippen LogP contribution in [0.25, 0.3) is 0 Å². The van der Waals surface area contributed by atoms with Crippen molar-refractivity contribution in [2.24, 2.45) is 0 Å². The van der Waals surface area contributed by atoms with Crippen molar-refractivity contribution in [3.63, 3.8) is 0 Å². The van der Waals surface area contributed by atoms with Crippen molar-refractivity contribution in [1.82, 2.24) is 13.4 Å². The first-order valence-corrected chi connectivity index (χ1v) is 13.1. The smallest absolute Gasteiger partial charge is 0.200 e. The molecule has 0 fully saturated rings. The first-order valence-electron chi connectivity index (χ1n) is 8.45. The third kappa shape index (κ3) is 3.55. The molecule has 0 heterocycles. The lowest BCUT2D eigenvalue weighted by molar-refractivity contribution is 0.425. The van der Waals surface area contributed by atoms with E-state index in [1.54, 1.807) is 0 Å². The summed E-state index contributed by atoms with van der Waals surface area (Å²) in [6.07, 6.45) is 1.27. The Morgan fingerprint density at radius 2 is 0.900 bits per heavy atom. The molecule has 0 spiro atoms. The van der Waals surface area contributed by atoms with Crippen LogP contribution in [0.3, 0.4) is 0 Å². The minimum absolute atomic E-state index is 1.27. The highest BCUT2D eigenvalue weighted by Crippen LogP contribution is 2.33. The summed E-state index contributed by atoms with van der Waals surface area (Å²) >= 11 is 0. The number of hydrogen-bond donors (Lipinski definition) is 0. The molecule has 0 unspecified atom stereocenters. The molecule has 5 heteroatoms. The number of nitrogens with zero attached hydrogens (tertiary/aromatic N) is 3. The molecular weight excluding hydrogens is 278 g/mol. The molecule has 3 nitrogen and oxygen atoms in total. The van der Waals surface area contributed by atoms with Crippen LogP contribution in [0.2, 0.25) is 24.2 Å². The monoisotopic (exact) mass is 317 g/mol. The maximum absolute atomic E-state index is 3.06. The molecule has 0 aliphatic rings. The molecule has 0 radical (unpaired) electrons. The van der Waals surface area contributed by atoms with Crippen LogP contribution in [0, 0.1) is 0 Å². The molecule has 0 atom stereocenters. The van der Waals surface area contributed by atoms with E-state index in [0.717, 1.165) is 0 Å². The van der Waals surface area contributed by atoms with Crippen molar-refractivity contribution >= 4 is 16.8 Å². The largest absolute Gasteiger partial charge is 0.321 e. The van der Waals surface area contributed by atoms with Gasteiger partial charge in [-0.1, -0.05) is 34.6 Å². The summed E-state index contributed by atoms with van der Waals surface area (Å²) in [5.41, 5.74) is 0. The van der Waals surface area contributed by atoms with Crippen LogP contribution < -0.4 is 0 Å². The van der Waals surface area contributed by atoms with Gasteiger partial charge in [0.2, 0.25) is 0 Å². The maximum Gasteiger partial charge on any atom is 0.200 e. The van der Waals surface area contributed by atoms with Crippen LogP contribution in [0.1, 0.15) is 41.0 Å². The van der Waals surface area contributed by atoms with Gasteiger partial charge in [0.05, 0.1) is 0 Å². The Morgan fingerprint density at radius 3 is 1.05 bits per heavy atom. The van der Waals surface area contributed by atoms with E-state index in [9.17, 15) is 0 Å². The zero-order valence-corrected chi connectivity index (χ0v) is 17.6. The molecule has 0 saturated heterocycles. The average Bonchev–Trinajstić information content (AvgIpc) is 2.42. The summed E-state index contributed by atoms with van der Waals surface area (Å²) in [5, 5.41) is 0. The van der Waals surface area contributed by atoms with Crippen LogP contribution in [0.5, 0.6) is 0 Å². The highest BCUT2D eigenvalue weighted by atomic mass is 28.4. The summed E-state index contributed by atoms with van der Waals surface area (Å²) < 4.78 is 8.28. The number of rotatable bonds is 10. The van der Waals surface area contributed by atoms with E-state index in [1.165, 1.54) is 37.1 Å². The Hall–Kier alpha value is 0.314. The molecular formula is C15H39N3Si2. The summed E-state index contributed by atoms with van der Waals surface area (Å²) in [4.78, 5) is 0. The Morgan fingerprint density at radius 1 is 0.600 bits per heavy atom. The maximum atomic E-state index is 3.06.